The van der Waals surface area contributed by atoms with Crippen LogP contribution >= 0.6 is 0 Å². The van der Waals surface area contributed by atoms with Crippen molar-refractivity contribution in [2.45, 2.75) is 63.5 Å². The van der Waals surface area contributed by atoms with Gasteiger partial charge in [-0.3, -0.25) is 4.90 Å². The smallest absolute Gasteiger partial charge is 0.0167 e. The molecule has 2 nitrogen and oxygen atoms in total. The van der Waals surface area contributed by atoms with Crippen LogP contribution in [-0.4, -0.2) is 30.1 Å². The summed E-state index contributed by atoms with van der Waals surface area (Å²) in [6, 6.07) is 12.6. The molecule has 0 radical (unpaired) electrons. The van der Waals surface area contributed by atoms with Gasteiger partial charge in [-0.2, -0.15) is 0 Å². The van der Waals surface area contributed by atoms with Gasteiger partial charge in [0.05, 0.1) is 0 Å². The fourth-order valence-electron chi connectivity index (χ4n) is 4.46. The SMILES string of the molecule is CC1CCC(CN)CN1C1CCCCC1c1ccccc1. The van der Waals surface area contributed by atoms with Crippen LogP contribution in [0.3, 0.4) is 0 Å². The third-order valence-corrected chi connectivity index (χ3v) is 5.74. The third-order valence-electron chi connectivity index (χ3n) is 5.74. The van der Waals surface area contributed by atoms with Crippen LogP contribution in [0.2, 0.25) is 0 Å². The summed E-state index contributed by atoms with van der Waals surface area (Å²) in [5, 5.41) is 0. The normalized spacial score (nSPS) is 34.8. The summed E-state index contributed by atoms with van der Waals surface area (Å²) in [6.07, 6.45) is 8.13. The zero-order chi connectivity index (χ0) is 14.7. The minimum Gasteiger partial charge on any atom is -0.330 e. The standard InChI is InChI=1S/C19H30N2/c1-15-11-12-16(13-20)14-21(15)19-10-6-5-9-18(19)17-7-3-2-4-8-17/h2-4,7-8,15-16,18-19H,5-6,9-14,20H2,1H3. The van der Waals surface area contributed by atoms with Gasteiger partial charge in [-0.15, -0.1) is 0 Å². The van der Waals surface area contributed by atoms with E-state index in [1.165, 1.54) is 45.1 Å². The molecule has 2 heteroatoms. The van der Waals surface area contributed by atoms with Gasteiger partial charge in [0.25, 0.3) is 0 Å². The highest BCUT2D eigenvalue weighted by Gasteiger charge is 2.36. The first kappa shape index (κ1) is 15.1. The molecule has 1 aromatic carbocycles. The summed E-state index contributed by atoms with van der Waals surface area (Å²) in [5.74, 6) is 1.43. The van der Waals surface area contributed by atoms with E-state index >= 15 is 0 Å². The van der Waals surface area contributed by atoms with E-state index in [2.05, 4.69) is 42.2 Å². The molecule has 0 aromatic heterocycles. The lowest BCUT2D eigenvalue weighted by Crippen LogP contribution is -2.52. The van der Waals surface area contributed by atoms with Gasteiger partial charge < -0.3 is 5.73 Å². The fraction of sp³-hybridized carbons (Fsp3) is 0.684. The summed E-state index contributed by atoms with van der Waals surface area (Å²) in [4.78, 5) is 2.80. The van der Waals surface area contributed by atoms with Crippen LogP contribution in [0.5, 0.6) is 0 Å². The highest BCUT2D eigenvalue weighted by atomic mass is 15.2. The van der Waals surface area contributed by atoms with Crippen LogP contribution < -0.4 is 5.73 Å². The zero-order valence-corrected chi connectivity index (χ0v) is 13.4. The molecule has 21 heavy (non-hydrogen) atoms. The first-order valence-corrected chi connectivity index (χ1v) is 8.80. The molecule has 1 aromatic rings. The fourth-order valence-corrected chi connectivity index (χ4v) is 4.46. The highest BCUT2D eigenvalue weighted by Crippen LogP contribution is 2.39. The molecule has 1 heterocycles. The molecule has 4 unspecified atom stereocenters. The van der Waals surface area contributed by atoms with Gasteiger partial charge >= 0.3 is 0 Å². The Morgan fingerprint density at radius 1 is 1.05 bits per heavy atom. The first-order chi connectivity index (χ1) is 10.3. The van der Waals surface area contributed by atoms with Gasteiger partial charge in [-0.1, -0.05) is 43.2 Å². The van der Waals surface area contributed by atoms with Gasteiger partial charge in [0, 0.05) is 18.6 Å². The number of hydrogen-bond donors (Lipinski definition) is 1. The van der Waals surface area contributed by atoms with E-state index in [1.807, 2.05) is 0 Å². The first-order valence-electron chi connectivity index (χ1n) is 8.80. The quantitative estimate of drug-likeness (QED) is 0.916. The number of nitrogens with two attached hydrogens (primary N) is 1. The predicted octanol–water partition coefficient (Wildman–Crippen LogP) is 3.77. The number of benzene rings is 1. The van der Waals surface area contributed by atoms with Gasteiger partial charge in [0.15, 0.2) is 0 Å². The second kappa shape index (κ2) is 6.93. The van der Waals surface area contributed by atoms with Crippen molar-refractivity contribution >= 4 is 0 Å². The second-order valence-corrected chi connectivity index (χ2v) is 7.09. The van der Waals surface area contributed by atoms with Crippen LogP contribution in [0.1, 0.15) is 56.9 Å². The Balaban J connectivity index is 1.80. The minimum atomic E-state index is 0.708. The number of hydrogen-bond acceptors (Lipinski definition) is 2. The Kier molecular flexibility index (Phi) is 4.97. The molecule has 116 valence electrons. The number of rotatable bonds is 3. The van der Waals surface area contributed by atoms with E-state index in [0.29, 0.717) is 5.92 Å². The molecule has 1 aliphatic carbocycles. The molecular weight excluding hydrogens is 256 g/mol. The molecular formula is C19H30N2. The summed E-state index contributed by atoms with van der Waals surface area (Å²) >= 11 is 0. The van der Waals surface area contributed by atoms with Crippen molar-refractivity contribution in [1.82, 2.24) is 4.90 Å². The molecule has 2 N–H and O–H groups in total. The molecule has 1 aliphatic heterocycles. The van der Waals surface area contributed by atoms with Crippen molar-refractivity contribution < 1.29 is 0 Å². The summed E-state index contributed by atoms with van der Waals surface area (Å²) in [7, 11) is 0. The van der Waals surface area contributed by atoms with Crippen LogP contribution in [0, 0.1) is 5.92 Å². The van der Waals surface area contributed by atoms with E-state index < -0.39 is 0 Å². The molecule has 0 spiro atoms. The summed E-state index contributed by atoms with van der Waals surface area (Å²) < 4.78 is 0. The molecule has 1 saturated heterocycles. The van der Waals surface area contributed by atoms with E-state index in [-0.39, 0.29) is 0 Å². The van der Waals surface area contributed by atoms with E-state index in [0.717, 1.165) is 24.5 Å². The Hall–Kier alpha value is -0.860. The lowest BCUT2D eigenvalue weighted by molar-refractivity contribution is 0.0441. The number of likely N-dealkylation sites (tertiary alicyclic amines) is 1. The highest BCUT2D eigenvalue weighted by molar-refractivity contribution is 5.22. The monoisotopic (exact) mass is 286 g/mol. The van der Waals surface area contributed by atoms with E-state index in [9.17, 15) is 0 Å². The maximum atomic E-state index is 5.96. The van der Waals surface area contributed by atoms with Crippen molar-refractivity contribution in [2.75, 3.05) is 13.1 Å². The van der Waals surface area contributed by atoms with Crippen LogP contribution in [0.4, 0.5) is 0 Å². The van der Waals surface area contributed by atoms with Crippen molar-refractivity contribution in [3.8, 4) is 0 Å². The minimum absolute atomic E-state index is 0.708. The Labute approximate surface area is 129 Å². The number of piperidine rings is 1. The summed E-state index contributed by atoms with van der Waals surface area (Å²) in [6.45, 7) is 4.49. The molecule has 1 saturated carbocycles. The van der Waals surface area contributed by atoms with Crippen LogP contribution in [-0.2, 0) is 0 Å². The van der Waals surface area contributed by atoms with E-state index in [4.69, 9.17) is 5.73 Å². The number of nitrogens with zero attached hydrogens (tertiary/aromatic N) is 1. The maximum Gasteiger partial charge on any atom is 0.0167 e. The van der Waals surface area contributed by atoms with Crippen LogP contribution in [0.15, 0.2) is 30.3 Å². The Morgan fingerprint density at radius 3 is 2.57 bits per heavy atom. The molecule has 4 atom stereocenters. The lowest BCUT2D eigenvalue weighted by Gasteiger charge is -2.47. The van der Waals surface area contributed by atoms with Crippen molar-refractivity contribution in [2.24, 2.45) is 11.7 Å². The van der Waals surface area contributed by atoms with Gasteiger partial charge in [-0.25, -0.2) is 0 Å². The largest absolute Gasteiger partial charge is 0.330 e. The van der Waals surface area contributed by atoms with Crippen molar-refractivity contribution in [1.29, 1.82) is 0 Å². The Bertz CT molecular complexity index is 430. The molecule has 0 bridgehead atoms. The lowest BCUT2D eigenvalue weighted by atomic mass is 9.77. The Morgan fingerprint density at radius 2 is 1.81 bits per heavy atom. The average molecular weight is 286 g/mol. The topological polar surface area (TPSA) is 29.3 Å². The average Bonchev–Trinajstić information content (AvgIpc) is 2.56. The van der Waals surface area contributed by atoms with Gasteiger partial charge in [0.2, 0.25) is 0 Å². The van der Waals surface area contributed by atoms with Gasteiger partial charge in [0.1, 0.15) is 0 Å². The van der Waals surface area contributed by atoms with Crippen molar-refractivity contribution in [3.63, 3.8) is 0 Å². The molecule has 0 amide bonds. The summed E-state index contributed by atoms with van der Waals surface area (Å²) in [5.41, 5.74) is 7.51. The maximum absolute atomic E-state index is 5.96. The van der Waals surface area contributed by atoms with Crippen molar-refractivity contribution in [3.05, 3.63) is 35.9 Å². The van der Waals surface area contributed by atoms with Crippen LogP contribution in [0.25, 0.3) is 0 Å². The second-order valence-electron chi connectivity index (χ2n) is 7.09. The molecule has 2 fully saturated rings. The zero-order valence-electron chi connectivity index (χ0n) is 13.4. The molecule has 3 rings (SSSR count). The van der Waals surface area contributed by atoms with E-state index in [1.54, 1.807) is 5.56 Å². The molecule has 2 aliphatic rings. The predicted molar refractivity (Wildman–Crippen MR) is 89.4 cm³/mol. The third kappa shape index (κ3) is 3.32. The van der Waals surface area contributed by atoms with Gasteiger partial charge in [-0.05, 0) is 56.6 Å².